The number of piperazine rings is 1. The number of benzene rings is 2. The molecule has 0 spiro atoms. The van der Waals surface area contributed by atoms with Gasteiger partial charge in [0.25, 0.3) is 0 Å². The van der Waals surface area contributed by atoms with Gasteiger partial charge in [-0.2, -0.15) is 0 Å². The zero-order valence-corrected chi connectivity index (χ0v) is 18.7. The van der Waals surface area contributed by atoms with Crippen LogP contribution in [-0.2, 0) is 14.6 Å². The summed E-state index contributed by atoms with van der Waals surface area (Å²) in [5, 5.41) is 8.72. The van der Waals surface area contributed by atoms with E-state index in [0.717, 1.165) is 17.2 Å². The Balaban J connectivity index is 1.33. The van der Waals surface area contributed by atoms with Crippen molar-refractivity contribution in [3.8, 4) is 0 Å². The first kappa shape index (κ1) is 21.9. The number of hydrogen-bond donors (Lipinski definition) is 1. The van der Waals surface area contributed by atoms with Gasteiger partial charge < -0.3 is 10.2 Å². The molecule has 0 unspecified atom stereocenters. The standard InChI is InChI=1S/C21H25ClN4O4S/c22-18-4-2-17-15-19(5-3-16(17)14-18)31(29,30)13-6-20(27)24-9-11-25(12-10-24)26-8-1-7-23-21(26)28/h2-5,14-15H,1,6-13H2,(H,23,28). The molecule has 3 amide bonds. The van der Waals surface area contributed by atoms with E-state index < -0.39 is 9.84 Å². The van der Waals surface area contributed by atoms with Crippen molar-refractivity contribution in [1.29, 1.82) is 0 Å². The smallest absolute Gasteiger partial charge is 0.331 e. The van der Waals surface area contributed by atoms with Gasteiger partial charge in [0, 0.05) is 50.7 Å². The molecule has 2 aromatic carbocycles. The number of hydrazine groups is 1. The number of rotatable bonds is 5. The van der Waals surface area contributed by atoms with Gasteiger partial charge in [-0.25, -0.2) is 18.2 Å². The number of hydrogen-bond acceptors (Lipinski definition) is 5. The molecule has 0 saturated carbocycles. The number of nitrogens with one attached hydrogen (secondary N) is 1. The van der Waals surface area contributed by atoms with E-state index in [1.165, 1.54) is 0 Å². The predicted octanol–water partition coefficient (Wildman–Crippen LogP) is 2.13. The lowest BCUT2D eigenvalue weighted by atomic mass is 10.1. The quantitative estimate of drug-likeness (QED) is 0.732. The highest BCUT2D eigenvalue weighted by atomic mass is 35.5. The number of fused-ring (bicyclic) bond motifs is 1. The molecule has 166 valence electrons. The van der Waals surface area contributed by atoms with Crippen LogP contribution in [0.15, 0.2) is 41.3 Å². The predicted molar refractivity (Wildman–Crippen MR) is 119 cm³/mol. The normalized spacial score (nSPS) is 18.3. The topological polar surface area (TPSA) is 90.0 Å². The molecular formula is C21H25ClN4O4S. The molecule has 0 atom stereocenters. The maximum Gasteiger partial charge on any atom is 0.331 e. The highest BCUT2D eigenvalue weighted by molar-refractivity contribution is 7.91. The van der Waals surface area contributed by atoms with Crippen LogP contribution in [0.25, 0.3) is 10.8 Å². The van der Waals surface area contributed by atoms with Crippen molar-refractivity contribution in [3.63, 3.8) is 0 Å². The van der Waals surface area contributed by atoms with Crippen LogP contribution in [0, 0.1) is 0 Å². The number of carbonyl (C=O) groups is 2. The zero-order valence-electron chi connectivity index (χ0n) is 17.1. The van der Waals surface area contributed by atoms with Crippen LogP contribution in [0.3, 0.4) is 0 Å². The molecule has 31 heavy (non-hydrogen) atoms. The second-order valence-corrected chi connectivity index (χ2v) is 10.3. The van der Waals surface area contributed by atoms with E-state index in [1.54, 1.807) is 46.3 Å². The van der Waals surface area contributed by atoms with Gasteiger partial charge in [-0.1, -0.05) is 23.7 Å². The van der Waals surface area contributed by atoms with E-state index in [9.17, 15) is 18.0 Å². The van der Waals surface area contributed by atoms with Gasteiger partial charge in [-0.15, -0.1) is 0 Å². The first-order valence-electron chi connectivity index (χ1n) is 10.3. The van der Waals surface area contributed by atoms with Gasteiger partial charge in [0.2, 0.25) is 5.91 Å². The highest BCUT2D eigenvalue weighted by Gasteiger charge is 2.29. The van der Waals surface area contributed by atoms with E-state index in [2.05, 4.69) is 5.32 Å². The molecule has 2 aliphatic heterocycles. The fraction of sp³-hybridized carbons (Fsp3) is 0.429. The molecule has 10 heteroatoms. The van der Waals surface area contributed by atoms with Crippen molar-refractivity contribution in [2.24, 2.45) is 0 Å². The van der Waals surface area contributed by atoms with Crippen LogP contribution in [0.4, 0.5) is 4.79 Å². The Labute approximate surface area is 186 Å². The largest absolute Gasteiger partial charge is 0.340 e. The average Bonchev–Trinajstić information content (AvgIpc) is 2.77. The van der Waals surface area contributed by atoms with Crippen LogP contribution >= 0.6 is 11.6 Å². The second-order valence-electron chi connectivity index (χ2n) is 7.77. The molecule has 2 saturated heterocycles. The Hall–Kier alpha value is -2.36. The molecule has 2 fully saturated rings. The number of carbonyl (C=O) groups excluding carboxylic acids is 2. The first-order chi connectivity index (χ1) is 14.8. The maximum atomic E-state index is 12.8. The Morgan fingerprint density at radius 3 is 2.45 bits per heavy atom. The molecule has 2 aromatic rings. The summed E-state index contributed by atoms with van der Waals surface area (Å²) in [6.07, 6.45) is 0.829. The third kappa shape index (κ3) is 4.94. The lowest BCUT2D eigenvalue weighted by molar-refractivity contribution is -0.135. The van der Waals surface area contributed by atoms with Crippen LogP contribution in [-0.4, -0.2) is 80.3 Å². The van der Waals surface area contributed by atoms with Gasteiger partial charge in [0.1, 0.15) is 0 Å². The van der Waals surface area contributed by atoms with Crippen LogP contribution < -0.4 is 5.32 Å². The number of urea groups is 1. The summed E-state index contributed by atoms with van der Waals surface area (Å²) in [5.41, 5.74) is 0. The van der Waals surface area contributed by atoms with Gasteiger partial charge >= 0.3 is 6.03 Å². The number of halogens is 1. The van der Waals surface area contributed by atoms with Crippen molar-refractivity contribution in [3.05, 3.63) is 41.4 Å². The van der Waals surface area contributed by atoms with E-state index in [1.807, 2.05) is 5.01 Å². The molecule has 0 radical (unpaired) electrons. The third-order valence-electron chi connectivity index (χ3n) is 5.73. The second kappa shape index (κ2) is 9.02. The average molecular weight is 465 g/mol. The van der Waals surface area contributed by atoms with E-state index in [0.29, 0.717) is 44.3 Å². The summed E-state index contributed by atoms with van der Waals surface area (Å²) < 4.78 is 25.5. The summed E-state index contributed by atoms with van der Waals surface area (Å²) in [5.74, 6) is -0.418. The number of amides is 3. The Morgan fingerprint density at radius 1 is 1.00 bits per heavy atom. The van der Waals surface area contributed by atoms with E-state index in [4.69, 9.17) is 11.6 Å². The van der Waals surface area contributed by atoms with Crippen molar-refractivity contribution < 1.29 is 18.0 Å². The van der Waals surface area contributed by atoms with Crippen molar-refractivity contribution in [2.75, 3.05) is 45.0 Å². The fourth-order valence-electron chi connectivity index (χ4n) is 3.96. The molecular weight excluding hydrogens is 440 g/mol. The molecule has 2 aliphatic rings. The summed E-state index contributed by atoms with van der Waals surface area (Å²) in [6.45, 7) is 3.42. The minimum Gasteiger partial charge on any atom is -0.340 e. The zero-order chi connectivity index (χ0) is 22.0. The van der Waals surface area contributed by atoms with E-state index in [-0.39, 0.29) is 29.0 Å². The van der Waals surface area contributed by atoms with Crippen molar-refractivity contribution >= 4 is 44.1 Å². The van der Waals surface area contributed by atoms with Crippen LogP contribution in [0.2, 0.25) is 5.02 Å². The molecule has 2 heterocycles. The van der Waals surface area contributed by atoms with Gasteiger partial charge in [-0.05, 0) is 41.5 Å². The van der Waals surface area contributed by atoms with Gasteiger partial charge in [-0.3, -0.25) is 9.80 Å². The van der Waals surface area contributed by atoms with Gasteiger partial charge in [0.05, 0.1) is 10.6 Å². The molecule has 0 aliphatic carbocycles. The summed E-state index contributed by atoms with van der Waals surface area (Å²) >= 11 is 5.98. The lowest BCUT2D eigenvalue weighted by Gasteiger charge is -2.42. The fourth-order valence-corrected chi connectivity index (χ4v) is 5.40. The Kier molecular flexibility index (Phi) is 6.36. The molecule has 8 nitrogen and oxygen atoms in total. The summed E-state index contributed by atoms with van der Waals surface area (Å²) in [7, 11) is -3.58. The number of sulfone groups is 1. The van der Waals surface area contributed by atoms with E-state index >= 15 is 0 Å². The van der Waals surface area contributed by atoms with Gasteiger partial charge in [0.15, 0.2) is 9.84 Å². The van der Waals surface area contributed by atoms with Crippen LogP contribution in [0.5, 0.6) is 0 Å². The highest BCUT2D eigenvalue weighted by Crippen LogP contribution is 2.23. The van der Waals surface area contributed by atoms with Crippen molar-refractivity contribution in [1.82, 2.24) is 20.2 Å². The summed E-state index contributed by atoms with van der Waals surface area (Å²) in [6, 6.07) is 10.1. The summed E-state index contributed by atoms with van der Waals surface area (Å²) in [4.78, 5) is 26.5. The van der Waals surface area contributed by atoms with Crippen LogP contribution in [0.1, 0.15) is 12.8 Å². The first-order valence-corrected chi connectivity index (χ1v) is 12.4. The minimum atomic E-state index is -3.58. The monoisotopic (exact) mass is 464 g/mol. The minimum absolute atomic E-state index is 0.0643. The Bertz CT molecular complexity index is 1100. The maximum absolute atomic E-state index is 12.8. The molecule has 0 bridgehead atoms. The Morgan fingerprint density at radius 2 is 1.71 bits per heavy atom. The SMILES string of the molecule is O=C(CCS(=O)(=O)c1ccc2cc(Cl)ccc2c1)N1CCN(N2CCCNC2=O)CC1. The molecule has 0 aromatic heterocycles. The molecule has 1 N–H and O–H groups in total. The van der Waals surface area contributed by atoms with Crippen molar-refractivity contribution in [2.45, 2.75) is 17.7 Å². The molecule has 4 rings (SSSR count). The lowest BCUT2D eigenvalue weighted by Crippen LogP contribution is -2.60. The third-order valence-corrected chi connectivity index (χ3v) is 7.67. The number of nitrogens with zero attached hydrogens (tertiary/aromatic N) is 3.